The lowest BCUT2D eigenvalue weighted by atomic mass is 9.83. The van der Waals surface area contributed by atoms with Gasteiger partial charge in [0.2, 0.25) is 5.91 Å². The Morgan fingerprint density at radius 1 is 1.20 bits per heavy atom. The monoisotopic (exact) mass is 305 g/mol. The largest absolute Gasteiger partial charge is 0.416 e. The Morgan fingerprint density at radius 3 is 2.35 bits per heavy atom. The number of hydrogen-bond acceptors (Lipinski definition) is 3. The number of alkyl halides is 3. The Labute approximate surface area is 112 Å². The molecule has 0 atom stereocenters. The van der Waals surface area contributed by atoms with E-state index in [1.807, 2.05) is 0 Å². The molecule has 2 aliphatic rings. The molecule has 1 spiro atoms. The lowest BCUT2D eigenvalue weighted by Gasteiger charge is -2.42. The van der Waals surface area contributed by atoms with Crippen LogP contribution in [0.15, 0.2) is 23.1 Å². The standard InChI is InChI=1S/C12H10F3NO3S/c13-12(14,15)7-2-3-8-9(6-7)20(18,19)11(4-1-5-11)10(17)16-8/h2-3,6H,1,4-5H2,(H,16,17). The first-order valence-corrected chi connectivity index (χ1v) is 7.44. The molecule has 1 aromatic carbocycles. The number of rotatable bonds is 0. The number of amides is 1. The van der Waals surface area contributed by atoms with Crippen LogP contribution in [0, 0.1) is 0 Å². The lowest BCUT2D eigenvalue weighted by molar-refractivity contribution is -0.137. The molecule has 1 fully saturated rings. The highest BCUT2D eigenvalue weighted by Gasteiger charge is 2.58. The van der Waals surface area contributed by atoms with Crippen LogP contribution < -0.4 is 5.32 Å². The van der Waals surface area contributed by atoms with Gasteiger partial charge >= 0.3 is 6.18 Å². The predicted molar refractivity (Wildman–Crippen MR) is 63.8 cm³/mol. The third-order valence-corrected chi connectivity index (χ3v) is 6.48. The van der Waals surface area contributed by atoms with Gasteiger partial charge in [-0.25, -0.2) is 8.42 Å². The number of carbonyl (C=O) groups is 1. The molecule has 1 aliphatic carbocycles. The van der Waals surface area contributed by atoms with Crippen LogP contribution >= 0.6 is 0 Å². The number of halogens is 3. The zero-order valence-electron chi connectivity index (χ0n) is 10.1. The molecule has 0 aromatic heterocycles. The number of carbonyl (C=O) groups excluding carboxylic acids is 1. The van der Waals surface area contributed by atoms with Gasteiger partial charge in [0.25, 0.3) is 0 Å². The maximum absolute atomic E-state index is 12.7. The third kappa shape index (κ3) is 1.54. The van der Waals surface area contributed by atoms with Crippen molar-refractivity contribution in [2.75, 3.05) is 5.32 Å². The van der Waals surface area contributed by atoms with Crippen molar-refractivity contribution in [1.82, 2.24) is 0 Å². The average molecular weight is 305 g/mol. The number of nitrogens with one attached hydrogen (secondary N) is 1. The predicted octanol–water partition coefficient (Wildman–Crippen LogP) is 2.35. The topological polar surface area (TPSA) is 63.2 Å². The number of hydrogen-bond donors (Lipinski definition) is 1. The van der Waals surface area contributed by atoms with Crippen LogP contribution in [-0.2, 0) is 20.8 Å². The van der Waals surface area contributed by atoms with Crippen molar-refractivity contribution in [2.24, 2.45) is 0 Å². The van der Waals surface area contributed by atoms with E-state index in [2.05, 4.69) is 5.32 Å². The summed E-state index contributed by atoms with van der Waals surface area (Å²) in [5, 5.41) is 2.40. The van der Waals surface area contributed by atoms with Crippen molar-refractivity contribution in [1.29, 1.82) is 0 Å². The quantitative estimate of drug-likeness (QED) is 0.800. The van der Waals surface area contributed by atoms with Crippen LogP contribution in [0.3, 0.4) is 0 Å². The molecule has 1 N–H and O–H groups in total. The highest BCUT2D eigenvalue weighted by molar-refractivity contribution is 7.94. The molecule has 0 radical (unpaired) electrons. The van der Waals surface area contributed by atoms with E-state index in [9.17, 15) is 26.4 Å². The summed E-state index contributed by atoms with van der Waals surface area (Å²) in [4.78, 5) is 11.5. The summed E-state index contributed by atoms with van der Waals surface area (Å²) in [5.41, 5.74) is -1.12. The van der Waals surface area contributed by atoms with Crippen LogP contribution in [0.5, 0.6) is 0 Å². The van der Waals surface area contributed by atoms with Gasteiger partial charge in [0.1, 0.15) is 0 Å². The molecule has 0 unspecified atom stereocenters. The summed E-state index contributed by atoms with van der Waals surface area (Å²) in [7, 11) is -4.09. The molecule has 1 saturated carbocycles. The smallest absolute Gasteiger partial charge is 0.324 e. The highest BCUT2D eigenvalue weighted by Crippen LogP contribution is 2.49. The van der Waals surface area contributed by atoms with Crippen LogP contribution in [0.4, 0.5) is 18.9 Å². The second kappa shape index (κ2) is 3.75. The first-order chi connectivity index (χ1) is 9.18. The van der Waals surface area contributed by atoms with Gasteiger partial charge in [0.05, 0.1) is 16.1 Å². The molecule has 108 valence electrons. The number of fused-ring (bicyclic) bond motifs is 1. The minimum absolute atomic E-state index is 0.0828. The molecule has 4 nitrogen and oxygen atoms in total. The molecule has 1 aromatic rings. The van der Waals surface area contributed by atoms with Gasteiger partial charge in [-0.05, 0) is 37.5 Å². The molecule has 20 heavy (non-hydrogen) atoms. The van der Waals surface area contributed by atoms with Gasteiger partial charge in [-0.1, -0.05) is 0 Å². The Kier molecular flexibility index (Phi) is 2.51. The van der Waals surface area contributed by atoms with Crippen LogP contribution in [0.1, 0.15) is 24.8 Å². The minimum atomic E-state index is -4.63. The molecular formula is C12H10F3NO3S. The number of sulfone groups is 1. The minimum Gasteiger partial charge on any atom is -0.324 e. The van der Waals surface area contributed by atoms with Crippen molar-refractivity contribution in [3.8, 4) is 0 Å². The van der Waals surface area contributed by atoms with E-state index in [1.165, 1.54) is 0 Å². The first-order valence-electron chi connectivity index (χ1n) is 5.96. The molecule has 1 aliphatic heterocycles. The zero-order chi connectivity index (χ0) is 14.8. The van der Waals surface area contributed by atoms with Crippen LogP contribution in [0.2, 0.25) is 0 Å². The highest BCUT2D eigenvalue weighted by atomic mass is 32.2. The van der Waals surface area contributed by atoms with Crippen molar-refractivity contribution < 1.29 is 26.4 Å². The number of benzene rings is 1. The zero-order valence-corrected chi connectivity index (χ0v) is 10.9. The van der Waals surface area contributed by atoms with E-state index < -0.39 is 37.1 Å². The second-order valence-electron chi connectivity index (χ2n) is 5.01. The lowest BCUT2D eigenvalue weighted by Crippen LogP contribution is -2.57. The van der Waals surface area contributed by atoms with Crippen molar-refractivity contribution in [2.45, 2.75) is 35.1 Å². The van der Waals surface area contributed by atoms with Gasteiger partial charge in [-0.2, -0.15) is 13.2 Å². The molecule has 8 heteroatoms. The summed E-state index contributed by atoms with van der Waals surface area (Å²) < 4.78 is 61.4. The average Bonchev–Trinajstić information content (AvgIpc) is 2.24. The third-order valence-electron chi connectivity index (χ3n) is 3.94. The maximum Gasteiger partial charge on any atom is 0.416 e. The van der Waals surface area contributed by atoms with Gasteiger partial charge in [0.15, 0.2) is 14.6 Å². The van der Waals surface area contributed by atoms with Crippen LogP contribution in [-0.4, -0.2) is 19.1 Å². The summed E-state index contributed by atoms with van der Waals surface area (Å²) in [6.45, 7) is 0. The SMILES string of the molecule is O=C1Nc2ccc(C(F)(F)F)cc2S(=O)(=O)C12CCC2. The van der Waals surface area contributed by atoms with Crippen LogP contribution in [0.25, 0.3) is 0 Å². The first kappa shape index (κ1) is 13.4. The van der Waals surface area contributed by atoms with Gasteiger partial charge < -0.3 is 5.32 Å². The molecular weight excluding hydrogens is 295 g/mol. The van der Waals surface area contributed by atoms with E-state index in [0.717, 1.165) is 12.1 Å². The molecule has 1 amide bonds. The fraction of sp³-hybridized carbons (Fsp3) is 0.417. The Bertz CT molecular complexity index is 705. The van der Waals surface area contributed by atoms with Gasteiger partial charge in [-0.3, -0.25) is 4.79 Å². The number of anilines is 1. The van der Waals surface area contributed by atoms with Gasteiger partial charge in [0, 0.05) is 0 Å². The van der Waals surface area contributed by atoms with E-state index in [0.29, 0.717) is 12.5 Å². The van der Waals surface area contributed by atoms with E-state index in [1.54, 1.807) is 0 Å². The second-order valence-corrected chi connectivity index (χ2v) is 7.24. The molecule has 1 heterocycles. The van der Waals surface area contributed by atoms with Crippen molar-refractivity contribution >= 4 is 21.4 Å². The normalized spacial score (nSPS) is 22.9. The summed E-state index contributed by atoms with van der Waals surface area (Å²) in [6, 6.07) is 2.34. The van der Waals surface area contributed by atoms with Crippen molar-refractivity contribution in [3.63, 3.8) is 0 Å². The Hall–Kier alpha value is -1.57. The fourth-order valence-corrected chi connectivity index (χ4v) is 4.82. The maximum atomic E-state index is 12.7. The summed E-state index contributed by atoms with van der Waals surface area (Å²) >= 11 is 0. The summed E-state index contributed by atoms with van der Waals surface area (Å²) in [5.74, 6) is -0.643. The fourth-order valence-electron chi connectivity index (χ4n) is 2.59. The molecule has 0 saturated heterocycles. The summed E-state index contributed by atoms with van der Waals surface area (Å²) in [6.07, 6.45) is -3.76. The Balaban J connectivity index is 2.22. The molecule has 0 bridgehead atoms. The van der Waals surface area contributed by atoms with E-state index in [4.69, 9.17) is 0 Å². The Morgan fingerprint density at radius 2 is 1.85 bits per heavy atom. The van der Waals surface area contributed by atoms with Gasteiger partial charge in [-0.15, -0.1) is 0 Å². The van der Waals surface area contributed by atoms with Crippen molar-refractivity contribution in [3.05, 3.63) is 23.8 Å². The van der Waals surface area contributed by atoms with E-state index in [-0.39, 0.29) is 18.5 Å². The molecule has 3 rings (SSSR count). The van der Waals surface area contributed by atoms with E-state index >= 15 is 0 Å².